The zero-order chi connectivity index (χ0) is 22.0. The average Bonchev–Trinajstić information content (AvgIpc) is 3.11. The molecular formula is C22H20FN5O2S. The van der Waals surface area contributed by atoms with Gasteiger partial charge in [-0.15, -0.1) is 10.2 Å². The molecule has 2 aromatic heterocycles. The van der Waals surface area contributed by atoms with Crippen molar-refractivity contribution in [3.63, 3.8) is 0 Å². The third-order valence-electron chi connectivity index (χ3n) is 4.81. The van der Waals surface area contributed by atoms with Crippen molar-refractivity contribution in [1.82, 2.24) is 24.7 Å². The van der Waals surface area contributed by atoms with Crippen LogP contribution in [0.3, 0.4) is 0 Å². The molecule has 0 aliphatic heterocycles. The van der Waals surface area contributed by atoms with Gasteiger partial charge >= 0.3 is 5.69 Å². The minimum absolute atomic E-state index is 0.188. The molecule has 0 unspecified atom stereocenters. The number of aromatic nitrogens is 5. The van der Waals surface area contributed by atoms with Gasteiger partial charge in [-0.05, 0) is 49.2 Å². The van der Waals surface area contributed by atoms with E-state index in [0.717, 1.165) is 0 Å². The number of benzene rings is 2. The number of nitrogens with zero attached hydrogens (tertiary/aromatic N) is 3. The van der Waals surface area contributed by atoms with E-state index in [1.807, 2.05) is 4.57 Å². The summed E-state index contributed by atoms with van der Waals surface area (Å²) in [6, 6.07) is 13.6. The summed E-state index contributed by atoms with van der Waals surface area (Å²) in [5.41, 5.74) is 3.59. The van der Waals surface area contributed by atoms with Crippen LogP contribution in [0.2, 0.25) is 0 Å². The van der Waals surface area contributed by atoms with E-state index in [0.29, 0.717) is 28.1 Å². The van der Waals surface area contributed by atoms with Gasteiger partial charge in [0.1, 0.15) is 11.6 Å². The summed E-state index contributed by atoms with van der Waals surface area (Å²) in [4.78, 5) is 28.0. The predicted molar refractivity (Wildman–Crippen MR) is 117 cm³/mol. The molecule has 0 saturated carbocycles. The monoisotopic (exact) mass is 437 g/mol. The predicted octanol–water partition coefficient (Wildman–Crippen LogP) is 3.28. The molecule has 0 spiro atoms. The molecule has 0 atom stereocenters. The Kier molecular flexibility index (Phi) is 5.85. The Balaban J connectivity index is 1.71. The maximum absolute atomic E-state index is 13.5. The highest BCUT2D eigenvalue weighted by atomic mass is 32.2. The van der Waals surface area contributed by atoms with Gasteiger partial charge in [-0.2, -0.15) is 0 Å². The second-order valence-corrected chi connectivity index (χ2v) is 8.16. The normalized spacial score (nSPS) is 11.1. The van der Waals surface area contributed by atoms with E-state index in [4.69, 9.17) is 0 Å². The lowest BCUT2D eigenvalue weighted by Gasteiger charge is -2.11. The highest BCUT2D eigenvalue weighted by molar-refractivity contribution is 7.98. The fourth-order valence-corrected chi connectivity index (χ4v) is 4.27. The Morgan fingerprint density at radius 2 is 1.77 bits per heavy atom. The minimum Gasteiger partial charge on any atom is -0.311 e. The van der Waals surface area contributed by atoms with Crippen molar-refractivity contribution >= 4 is 11.8 Å². The van der Waals surface area contributed by atoms with Crippen LogP contribution >= 0.6 is 11.8 Å². The molecule has 2 aromatic carbocycles. The lowest BCUT2D eigenvalue weighted by molar-refractivity contribution is 0.627. The molecule has 4 rings (SSSR count). The van der Waals surface area contributed by atoms with Crippen LogP contribution in [0.25, 0.3) is 5.69 Å². The van der Waals surface area contributed by atoms with Gasteiger partial charge in [0.15, 0.2) is 5.16 Å². The summed E-state index contributed by atoms with van der Waals surface area (Å²) in [5.74, 6) is 0.868. The first-order chi connectivity index (χ1) is 14.9. The van der Waals surface area contributed by atoms with Gasteiger partial charge < -0.3 is 4.98 Å². The summed E-state index contributed by atoms with van der Waals surface area (Å²) < 4.78 is 15.3. The minimum atomic E-state index is -0.583. The van der Waals surface area contributed by atoms with Crippen LogP contribution < -0.4 is 11.2 Å². The molecule has 0 saturated heterocycles. The molecule has 9 heteroatoms. The Hall–Kier alpha value is -3.46. The van der Waals surface area contributed by atoms with Crippen molar-refractivity contribution in [2.45, 2.75) is 31.2 Å². The summed E-state index contributed by atoms with van der Waals surface area (Å²) in [7, 11) is 0. The number of thioether (sulfide) groups is 1. The molecule has 0 aliphatic carbocycles. The SMILES string of the molecule is Cc1ccc(C)c(CSc2nnc(Cc3cc(=O)[nH]c(=O)[nH]3)n2-c2ccc(F)cc2)c1. The van der Waals surface area contributed by atoms with Gasteiger partial charge in [0, 0.05) is 29.6 Å². The number of hydrogen-bond acceptors (Lipinski definition) is 5. The Bertz CT molecular complexity index is 1310. The maximum Gasteiger partial charge on any atom is 0.325 e. The fourth-order valence-electron chi connectivity index (χ4n) is 3.24. The van der Waals surface area contributed by atoms with Crippen LogP contribution in [0.15, 0.2) is 63.3 Å². The molecule has 0 aliphatic rings. The number of H-pyrrole nitrogens is 2. The van der Waals surface area contributed by atoms with Crippen molar-refractivity contribution in [1.29, 1.82) is 0 Å². The molecule has 2 heterocycles. The van der Waals surface area contributed by atoms with E-state index in [2.05, 4.69) is 52.2 Å². The van der Waals surface area contributed by atoms with Crippen molar-refractivity contribution < 1.29 is 4.39 Å². The molecule has 0 radical (unpaired) electrons. The van der Waals surface area contributed by atoms with Gasteiger partial charge in [0.05, 0.1) is 0 Å². The first kappa shape index (κ1) is 20.8. The quantitative estimate of drug-likeness (QED) is 0.451. The molecule has 31 heavy (non-hydrogen) atoms. The number of rotatable bonds is 6. The Labute approximate surface area is 181 Å². The molecule has 0 bridgehead atoms. The van der Waals surface area contributed by atoms with E-state index in [1.165, 1.54) is 46.7 Å². The first-order valence-electron chi connectivity index (χ1n) is 9.61. The van der Waals surface area contributed by atoms with Crippen molar-refractivity contribution in [3.05, 3.63) is 103 Å². The summed E-state index contributed by atoms with van der Waals surface area (Å²) >= 11 is 1.52. The summed E-state index contributed by atoms with van der Waals surface area (Å²) in [5, 5.41) is 9.25. The smallest absolute Gasteiger partial charge is 0.311 e. The topological polar surface area (TPSA) is 96.4 Å². The van der Waals surface area contributed by atoms with Gasteiger partial charge in [-0.25, -0.2) is 9.18 Å². The zero-order valence-corrected chi connectivity index (χ0v) is 17.8. The van der Waals surface area contributed by atoms with Gasteiger partial charge in [0.2, 0.25) is 0 Å². The lowest BCUT2D eigenvalue weighted by Crippen LogP contribution is -2.23. The lowest BCUT2D eigenvalue weighted by atomic mass is 10.1. The van der Waals surface area contributed by atoms with E-state index in [1.54, 1.807) is 12.1 Å². The number of hydrogen-bond donors (Lipinski definition) is 2. The largest absolute Gasteiger partial charge is 0.325 e. The van der Waals surface area contributed by atoms with Gasteiger partial charge in [-0.3, -0.25) is 14.3 Å². The third-order valence-corrected chi connectivity index (χ3v) is 5.79. The molecule has 2 N–H and O–H groups in total. The number of halogens is 1. The Morgan fingerprint density at radius 3 is 2.52 bits per heavy atom. The van der Waals surface area contributed by atoms with E-state index in [-0.39, 0.29) is 12.2 Å². The average molecular weight is 438 g/mol. The van der Waals surface area contributed by atoms with Crippen LogP contribution in [0.4, 0.5) is 4.39 Å². The zero-order valence-electron chi connectivity index (χ0n) is 17.0. The maximum atomic E-state index is 13.5. The van der Waals surface area contributed by atoms with Crippen molar-refractivity contribution in [2.75, 3.05) is 0 Å². The van der Waals surface area contributed by atoms with Crippen LogP contribution in [-0.2, 0) is 12.2 Å². The molecule has 7 nitrogen and oxygen atoms in total. The number of aromatic amines is 2. The molecule has 0 amide bonds. The summed E-state index contributed by atoms with van der Waals surface area (Å²) in [6.45, 7) is 4.11. The molecule has 158 valence electrons. The van der Waals surface area contributed by atoms with Crippen LogP contribution in [0.5, 0.6) is 0 Å². The van der Waals surface area contributed by atoms with E-state index in [9.17, 15) is 14.0 Å². The van der Waals surface area contributed by atoms with Crippen LogP contribution in [0.1, 0.15) is 28.2 Å². The van der Waals surface area contributed by atoms with Crippen LogP contribution in [0, 0.1) is 19.7 Å². The standard InChI is InChI=1S/C22H20FN5O2S/c1-13-3-4-14(2)15(9-13)12-31-22-27-26-19(10-17-11-20(29)25-21(30)24-17)28(22)18-7-5-16(23)6-8-18/h3-9,11H,10,12H2,1-2H3,(H2,24,25,29,30). The van der Waals surface area contributed by atoms with Crippen molar-refractivity contribution in [2.24, 2.45) is 0 Å². The van der Waals surface area contributed by atoms with Gasteiger partial charge in [0.25, 0.3) is 5.56 Å². The van der Waals surface area contributed by atoms with Gasteiger partial charge in [-0.1, -0.05) is 35.5 Å². The second kappa shape index (κ2) is 8.73. The van der Waals surface area contributed by atoms with E-state index >= 15 is 0 Å². The summed E-state index contributed by atoms with van der Waals surface area (Å²) in [6.07, 6.45) is 0.188. The molecule has 0 fully saturated rings. The first-order valence-corrected chi connectivity index (χ1v) is 10.6. The highest BCUT2D eigenvalue weighted by Gasteiger charge is 2.16. The number of aryl methyl sites for hydroxylation is 2. The third kappa shape index (κ3) is 4.83. The van der Waals surface area contributed by atoms with Crippen molar-refractivity contribution in [3.8, 4) is 5.69 Å². The fraction of sp³-hybridized carbons (Fsp3) is 0.182. The highest BCUT2D eigenvalue weighted by Crippen LogP contribution is 2.27. The number of nitrogens with one attached hydrogen (secondary N) is 2. The molecule has 4 aromatic rings. The second-order valence-electron chi connectivity index (χ2n) is 7.22. The van der Waals surface area contributed by atoms with E-state index < -0.39 is 11.2 Å². The molecular weight excluding hydrogens is 417 g/mol. The van der Waals surface area contributed by atoms with Crippen LogP contribution in [-0.4, -0.2) is 24.7 Å². The Morgan fingerprint density at radius 1 is 1.00 bits per heavy atom.